The molecule has 1 unspecified atom stereocenters. The fourth-order valence-electron chi connectivity index (χ4n) is 4.65. The minimum Gasteiger partial charge on any atom is -0.386 e. The molecule has 5 N–H and O–H groups in total. The number of alkyl halides is 1. The van der Waals surface area contributed by atoms with Gasteiger partial charge in [-0.1, -0.05) is 0 Å². The smallest absolute Gasteiger partial charge is 0.217 e. The van der Waals surface area contributed by atoms with E-state index in [4.69, 9.17) is 11.0 Å². The molecule has 5 rings (SSSR count). The van der Waals surface area contributed by atoms with E-state index < -0.39 is 32.2 Å². The zero-order valence-corrected chi connectivity index (χ0v) is 19.0. The Morgan fingerprint density at radius 3 is 2.68 bits per heavy atom. The maximum absolute atomic E-state index is 15.7. The molecule has 8 nitrogen and oxygen atoms in total. The number of fused-ring (bicyclic) bond motifs is 1. The third-order valence-electron chi connectivity index (χ3n) is 6.79. The molecule has 34 heavy (non-hydrogen) atoms. The molecule has 3 heterocycles. The zero-order valence-electron chi connectivity index (χ0n) is 18.2. The number of halogens is 2. The van der Waals surface area contributed by atoms with E-state index in [2.05, 4.69) is 20.3 Å². The lowest BCUT2D eigenvalue weighted by Gasteiger charge is -2.61. The van der Waals surface area contributed by atoms with Gasteiger partial charge in [0, 0.05) is 29.0 Å². The third kappa shape index (κ3) is 3.06. The number of anilines is 2. The summed E-state index contributed by atoms with van der Waals surface area (Å²) in [7, 11) is -3.85. The number of hydrogen-bond donors (Lipinski definition) is 4. The predicted molar refractivity (Wildman–Crippen MR) is 127 cm³/mol. The van der Waals surface area contributed by atoms with Crippen molar-refractivity contribution in [3.05, 3.63) is 59.7 Å². The number of nitrogens with one attached hydrogen (secondary N) is 1. The van der Waals surface area contributed by atoms with Crippen molar-refractivity contribution in [3.63, 3.8) is 0 Å². The molecule has 1 fully saturated rings. The van der Waals surface area contributed by atoms with Gasteiger partial charge in [0.15, 0.2) is 5.82 Å². The van der Waals surface area contributed by atoms with E-state index in [-0.39, 0.29) is 11.4 Å². The first-order valence-corrected chi connectivity index (χ1v) is 12.2. The molecule has 3 aromatic rings. The molecule has 1 aromatic carbocycles. The Kier molecular flexibility index (Phi) is 5.02. The fourth-order valence-corrected chi connectivity index (χ4v) is 7.11. The van der Waals surface area contributed by atoms with Crippen molar-refractivity contribution in [2.24, 2.45) is 10.7 Å². The zero-order chi connectivity index (χ0) is 24.3. The molecule has 1 spiro atoms. The van der Waals surface area contributed by atoms with Crippen molar-refractivity contribution in [2.45, 2.75) is 42.0 Å². The van der Waals surface area contributed by atoms with Gasteiger partial charge in [0.2, 0.25) is 5.50 Å². The first-order chi connectivity index (χ1) is 16.1. The average molecular weight is 485 g/mol. The molecular formula is C23H22F2N6O2S. The molecule has 2 aliphatic rings. The second kappa shape index (κ2) is 7.59. The van der Waals surface area contributed by atoms with E-state index >= 15 is 4.39 Å². The quantitative estimate of drug-likeness (QED) is 0.413. The lowest BCUT2D eigenvalue weighted by atomic mass is 9.82. The Bertz CT molecular complexity index is 1390. The van der Waals surface area contributed by atoms with E-state index in [1.165, 1.54) is 31.5 Å². The van der Waals surface area contributed by atoms with E-state index in [0.717, 1.165) is 6.07 Å². The Labute approximate surface area is 195 Å². The van der Waals surface area contributed by atoms with Crippen molar-refractivity contribution >= 4 is 38.8 Å². The highest BCUT2D eigenvalue weighted by Crippen LogP contribution is 2.70. The number of nitrogens with zero attached hydrogens (tertiary/aromatic N) is 4. The number of aromatic nitrogens is 2. The number of aliphatic imine (C=N–C) groups is 1. The van der Waals surface area contributed by atoms with Crippen molar-refractivity contribution in [3.8, 4) is 6.07 Å². The van der Waals surface area contributed by atoms with E-state index in [1.807, 2.05) is 6.07 Å². The van der Waals surface area contributed by atoms with Gasteiger partial charge in [0.05, 0.1) is 5.56 Å². The fraction of sp³-hybridized carbons (Fsp3) is 0.304. The van der Waals surface area contributed by atoms with Crippen LogP contribution in [0.15, 0.2) is 47.7 Å². The van der Waals surface area contributed by atoms with E-state index in [0.29, 0.717) is 47.2 Å². The van der Waals surface area contributed by atoms with E-state index in [9.17, 15) is 13.5 Å². The van der Waals surface area contributed by atoms with Gasteiger partial charge in [-0.15, -0.1) is 10.6 Å². The van der Waals surface area contributed by atoms with Crippen LogP contribution in [0.25, 0.3) is 10.9 Å². The molecule has 1 saturated carbocycles. The predicted octanol–water partition coefficient (Wildman–Crippen LogP) is 4.94. The summed E-state index contributed by atoms with van der Waals surface area (Å²) in [5, 5.41) is 12.8. The number of nitrogens with two attached hydrogens (primary N) is 1. The van der Waals surface area contributed by atoms with Crippen LogP contribution in [-0.2, 0) is 5.54 Å². The third-order valence-corrected chi connectivity index (χ3v) is 9.59. The van der Waals surface area contributed by atoms with Crippen molar-refractivity contribution in [1.82, 2.24) is 9.97 Å². The summed E-state index contributed by atoms with van der Waals surface area (Å²) in [5.41, 5.74) is 3.04. The number of nitriles is 1. The summed E-state index contributed by atoms with van der Waals surface area (Å²) in [6.07, 6.45) is 4.30. The van der Waals surface area contributed by atoms with Crippen LogP contribution in [0.4, 0.5) is 20.3 Å². The topological polar surface area (TPSA) is 140 Å². The summed E-state index contributed by atoms with van der Waals surface area (Å²) in [6.45, 7) is 1.31. The molecule has 1 aliphatic carbocycles. The maximum atomic E-state index is 15.7. The van der Waals surface area contributed by atoms with E-state index in [1.54, 1.807) is 12.1 Å². The first-order valence-electron chi connectivity index (χ1n) is 10.6. The van der Waals surface area contributed by atoms with Gasteiger partial charge >= 0.3 is 0 Å². The number of rotatable bonds is 3. The second-order valence-electron chi connectivity index (χ2n) is 8.79. The summed E-state index contributed by atoms with van der Waals surface area (Å²) in [5.74, 6) is -0.457. The van der Waals surface area contributed by atoms with Crippen LogP contribution in [0.1, 0.15) is 37.3 Å². The van der Waals surface area contributed by atoms with Gasteiger partial charge in [0.1, 0.15) is 33.5 Å². The van der Waals surface area contributed by atoms with Crippen LogP contribution >= 0.6 is 10.6 Å². The standard InChI is InChI=1S/C23H22F2N6O2S/c1-22(20(25)34(32,33)23(6-2-7-23)21(27)31-22)16-10-15(3-4-17(16)24)30-19-18-14(5-8-28-19)9-13(11-26)12-29-18/h3-5,8-10,12,20,32-33H,2,6-7H2,1H3,(H2,27,31)(H,28,30)/t20?,22-/m1/s1. The Morgan fingerprint density at radius 1 is 1.24 bits per heavy atom. The average Bonchev–Trinajstić information content (AvgIpc) is 2.77. The van der Waals surface area contributed by atoms with Crippen LogP contribution < -0.4 is 11.1 Å². The lowest BCUT2D eigenvalue weighted by molar-refractivity contribution is 0.226. The molecule has 0 bridgehead atoms. The van der Waals surface area contributed by atoms with Gasteiger partial charge in [-0.05, 0) is 56.5 Å². The molecule has 2 atom stereocenters. The summed E-state index contributed by atoms with van der Waals surface area (Å²) < 4.78 is 51.2. The minimum absolute atomic E-state index is 0.0545. The monoisotopic (exact) mass is 484 g/mol. The second-order valence-corrected chi connectivity index (χ2v) is 11.2. The molecule has 1 aliphatic heterocycles. The summed E-state index contributed by atoms with van der Waals surface area (Å²) in [4.78, 5) is 12.9. The number of pyridine rings is 2. The van der Waals surface area contributed by atoms with Gasteiger partial charge in [-0.2, -0.15) is 5.26 Å². The summed E-state index contributed by atoms with van der Waals surface area (Å²) >= 11 is 0. The largest absolute Gasteiger partial charge is 0.386 e. The molecule has 2 aromatic heterocycles. The lowest BCUT2D eigenvalue weighted by Crippen LogP contribution is -2.61. The maximum Gasteiger partial charge on any atom is 0.217 e. The van der Waals surface area contributed by atoms with Crippen molar-refractivity contribution in [2.75, 3.05) is 5.32 Å². The van der Waals surface area contributed by atoms with Gasteiger partial charge in [-0.3, -0.25) is 19.1 Å². The molecule has 0 saturated heterocycles. The van der Waals surface area contributed by atoms with Gasteiger partial charge < -0.3 is 11.1 Å². The first kappa shape index (κ1) is 22.5. The SMILES string of the molecule is C[C@]1(c2cc(Nc3nccc4cc(C#N)cnc34)ccc2F)N=C(N)C2(CCC2)S(O)(O)C1F. The Morgan fingerprint density at radius 2 is 2.00 bits per heavy atom. The molecule has 0 radical (unpaired) electrons. The van der Waals surface area contributed by atoms with Crippen LogP contribution in [0.3, 0.4) is 0 Å². The van der Waals surface area contributed by atoms with Crippen LogP contribution in [0.5, 0.6) is 0 Å². The normalized spacial score (nSPS) is 25.8. The van der Waals surface area contributed by atoms with Crippen LogP contribution in [0, 0.1) is 17.1 Å². The highest BCUT2D eigenvalue weighted by Gasteiger charge is 2.63. The molecular weight excluding hydrogens is 462 g/mol. The number of benzene rings is 1. The minimum atomic E-state index is -3.85. The van der Waals surface area contributed by atoms with Gasteiger partial charge in [0.25, 0.3) is 0 Å². The molecule has 11 heteroatoms. The van der Waals surface area contributed by atoms with Gasteiger partial charge in [-0.25, -0.2) is 13.8 Å². The molecule has 176 valence electrons. The highest BCUT2D eigenvalue weighted by atomic mass is 32.3. The number of amidine groups is 1. The highest BCUT2D eigenvalue weighted by molar-refractivity contribution is 8.26. The number of hydrogen-bond acceptors (Lipinski definition) is 8. The Hall–Kier alpha value is -3.33. The van der Waals surface area contributed by atoms with Crippen molar-refractivity contribution in [1.29, 1.82) is 5.26 Å². The molecule has 0 amide bonds. The van der Waals surface area contributed by atoms with Crippen LogP contribution in [-0.4, -0.2) is 35.2 Å². The van der Waals surface area contributed by atoms with Crippen LogP contribution in [0.2, 0.25) is 0 Å². The van der Waals surface area contributed by atoms with Crippen molar-refractivity contribution < 1.29 is 17.9 Å². The Balaban J connectivity index is 1.57. The summed E-state index contributed by atoms with van der Waals surface area (Å²) in [6, 6.07) is 9.35.